The van der Waals surface area contributed by atoms with Gasteiger partial charge in [0.05, 0.1) is 0 Å². The fourth-order valence-electron chi connectivity index (χ4n) is 2.50. The molecule has 106 valence electrons. The molecule has 4 heteroatoms. The van der Waals surface area contributed by atoms with Gasteiger partial charge in [0, 0.05) is 17.8 Å². The van der Waals surface area contributed by atoms with Crippen LogP contribution < -0.4 is 10.2 Å². The van der Waals surface area contributed by atoms with Crippen molar-refractivity contribution >= 4 is 17.5 Å². The highest BCUT2D eigenvalue weighted by molar-refractivity contribution is 6.03. The van der Waals surface area contributed by atoms with E-state index in [1.165, 1.54) is 6.08 Å². The van der Waals surface area contributed by atoms with E-state index in [9.17, 15) is 9.59 Å². The van der Waals surface area contributed by atoms with Crippen LogP contribution in [0.15, 0.2) is 42.0 Å². The quantitative estimate of drug-likeness (QED) is 0.858. The molecule has 0 saturated carbocycles. The van der Waals surface area contributed by atoms with E-state index in [0.717, 1.165) is 11.3 Å². The van der Waals surface area contributed by atoms with Gasteiger partial charge in [0.15, 0.2) is 0 Å². The summed E-state index contributed by atoms with van der Waals surface area (Å²) in [6.45, 7) is 5.71. The molecule has 2 atom stereocenters. The highest BCUT2D eigenvalue weighted by Crippen LogP contribution is 2.26. The van der Waals surface area contributed by atoms with Crippen molar-refractivity contribution in [2.24, 2.45) is 0 Å². The van der Waals surface area contributed by atoms with E-state index < -0.39 is 6.04 Å². The van der Waals surface area contributed by atoms with Crippen molar-refractivity contribution in [1.29, 1.82) is 0 Å². The third-order valence-electron chi connectivity index (χ3n) is 3.32. The van der Waals surface area contributed by atoms with E-state index in [1.807, 2.05) is 51.1 Å². The molecule has 1 fully saturated rings. The van der Waals surface area contributed by atoms with E-state index in [1.54, 1.807) is 4.90 Å². The van der Waals surface area contributed by atoms with Gasteiger partial charge in [0.25, 0.3) is 0 Å². The van der Waals surface area contributed by atoms with Gasteiger partial charge in [-0.3, -0.25) is 9.59 Å². The molecule has 0 bridgehead atoms. The monoisotopic (exact) mass is 272 g/mol. The number of allylic oxidation sites excluding steroid dienone is 1. The van der Waals surface area contributed by atoms with Crippen molar-refractivity contribution in [3.8, 4) is 0 Å². The second kappa shape index (κ2) is 5.90. The maximum absolute atomic E-state index is 12.4. The minimum atomic E-state index is -0.437. The van der Waals surface area contributed by atoms with Crippen LogP contribution in [0.2, 0.25) is 0 Å². The molecular weight excluding hydrogens is 252 g/mol. The number of carbonyl (C=O) groups is 2. The summed E-state index contributed by atoms with van der Waals surface area (Å²) in [5, 5.41) is 2.78. The molecule has 1 N–H and O–H groups in total. The zero-order chi connectivity index (χ0) is 14.7. The second-order valence-corrected chi connectivity index (χ2v) is 5.41. The lowest BCUT2D eigenvalue weighted by atomic mass is 10.2. The number of amides is 2. The molecule has 2 amide bonds. The molecule has 1 saturated heterocycles. The summed E-state index contributed by atoms with van der Waals surface area (Å²) >= 11 is 0. The minimum Gasteiger partial charge on any atom is -0.341 e. The molecule has 2 rings (SSSR count). The Morgan fingerprint density at radius 1 is 1.30 bits per heavy atom. The summed E-state index contributed by atoms with van der Waals surface area (Å²) in [6, 6.07) is 9.20. The maximum Gasteiger partial charge on any atom is 0.249 e. The third kappa shape index (κ3) is 3.07. The molecule has 1 aromatic rings. The molecule has 1 aromatic carbocycles. The Balaban J connectivity index is 2.11. The van der Waals surface area contributed by atoms with E-state index in [-0.39, 0.29) is 17.9 Å². The number of benzene rings is 1. The van der Waals surface area contributed by atoms with Gasteiger partial charge in [-0.15, -0.1) is 0 Å². The van der Waals surface area contributed by atoms with Crippen molar-refractivity contribution < 1.29 is 9.59 Å². The third-order valence-corrected chi connectivity index (χ3v) is 3.32. The van der Waals surface area contributed by atoms with Crippen molar-refractivity contribution in [1.82, 2.24) is 5.32 Å². The van der Waals surface area contributed by atoms with Crippen molar-refractivity contribution in [2.75, 3.05) is 4.90 Å². The van der Waals surface area contributed by atoms with Crippen LogP contribution in [0.4, 0.5) is 5.69 Å². The number of carbonyl (C=O) groups excluding carboxylic acids is 2. The van der Waals surface area contributed by atoms with E-state index in [4.69, 9.17) is 0 Å². The molecule has 0 aromatic heterocycles. The number of nitrogens with zero attached hydrogens (tertiary/aromatic N) is 1. The number of hydrogen-bond acceptors (Lipinski definition) is 2. The number of rotatable bonds is 3. The van der Waals surface area contributed by atoms with Gasteiger partial charge in [0.2, 0.25) is 11.8 Å². The van der Waals surface area contributed by atoms with E-state index in [0.29, 0.717) is 6.42 Å². The highest BCUT2D eigenvalue weighted by atomic mass is 16.2. The van der Waals surface area contributed by atoms with Gasteiger partial charge in [-0.05, 0) is 39.3 Å². The smallest absolute Gasteiger partial charge is 0.249 e. The van der Waals surface area contributed by atoms with Crippen LogP contribution in [0.3, 0.4) is 0 Å². The maximum atomic E-state index is 12.4. The Labute approximate surface area is 119 Å². The van der Waals surface area contributed by atoms with Crippen LogP contribution in [0.25, 0.3) is 0 Å². The molecule has 4 nitrogen and oxygen atoms in total. The Bertz CT molecular complexity index is 533. The van der Waals surface area contributed by atoms with Crippen LogP contribution in [0, 0.1) is 0 Å². The Morgan fingerprint density at radius 2 is 1.95 bits per heavy atom. The fraction of sp³-hybridized carbons (Fsp3) is 0.375. The first-order valence-corrected chi connectivity index (χ1v) is 6.82. The number of anilines is 1. The predicted molar refractivity (Wildman–Crippen MR) is 79.4 cm³/mol. The normalized spacial score (nSPS) is 21.8. The predicted octanol–water partition coefficient (Wildman–Crippen LogP) is 2.26. The van der Waals surface area contributed by atoms with Gasteiger partial charge in [-0.1, -0.05) is 23.8 Å². The largest absolute Gasteiger partial charge is 0.341 e. The molecule has 0 spiro atoms. The number of para-hydroxylation sites is 1. The average molecular weight is 272 g/mol. The van der Waals surface area contributed by atoms with Crippen molar-refractivity contribution in [2.45, 2.75) is 39.3 Å². The second-order valence-electron chi connectivity index (χ2n) is 5.41. The van der Waals surface area contributed by atoms with Crippen LogP contribution >= 0.6 is 0 Å². The number of hydrogen-bond donors (Lipinski definition) is 1. The standard InChI is InChI=1S/C16H20N2O2/c1-11(2)9-15(19)17-14-10-12(3)18(16(14)20)13-7-5-4-6-8-13/h4-9,12,14H,10H2,1-3H3,(H,17,19)/t12-,14+/m1/s1. The summed E-state index contributed by atoms with van der Waals surface area (Å²) < 4.78 is 0. The van der Waals surface area contributed by atoms with Gasteiger partial charge >= 0.3 is 0 Å². The summed E-state index contributed by atoms with van der Waals surface area (Å²) in [5.74, 6) is -0.246. The first-order chi connectivity index (χ1) is 9.49. The Morgan fingerprint density at radius 3 is 2.55 bits per heavy atom. The highest BCUT2D eigenvalue weighted by Gasteiger charge is 2.38. The van der Waals surface area contributed by atoms with Gasteiger partial charge in [-0.2, -0.15) is 0 Å². The summed E-state index contributed by atoms with van der Waals surface area (Å²) in [6.07, 6.45) is 2.15. The SMILES string of the molecule is CC(C)=CC(=O)N[C@H]1C[C@@H](C)N(c2ccccc2)C1=O. The first kappa shape index (κ1) is 14.3. The van der Waals surface area contributed by atoms with Gasteiger partial charge < -0.3 is 10.2 Å². The van der Waals surface area contributed by atoms with Crippen LogP contribution in [0.5, 0.6) is 0 Å². The lowest BCUT2D eigenvalue weighted by molar-refractivity contribution is -0.123. The summed E-state index contributed by atoms with van der Waals surface area (Å²) in [5.41, 5.74) is 1.80. The van der Waals surface area contributed by atoms with Gasteiger partial charge in [0.1, 0.15) is 6.04 Å². The first-order valence-electron chi connectivity index (χ1n) is 6.82. The fourth-order valence-corrected chi connectivity index (χ4v) is 2.50. The van der Waals surface area contributed by atoms with E-state index >= 15 is 0 Å². The van der Waals surface area contributed by atoms with Crippen LogP contribution in [-0.4, -0.2) is 23.9 Å². The molecule has 0 radical (unpaired) electrons. The Hall–Kier alpha value is -2.10. The van der Waals surface area contributed by atoms with Crippen molar-refractivity contribution in [3.63, 3.8) is 0 Å². The van der Waals surface area contributed by atoms with E-state index in [2.05, 4.69) is 5.32 Å². The molecule has 0 unspecified atom stereocenters. The minimum absolute atomic E-state index is 0.0424. The van der Waals surface area contributed by atoms with Crippen LogP contribution in [-0.2, 0) is 9.59 Å². The molecule has 1 aliphatic rings. The van der Waals surface area contributed by atoms with Gasteiger partial charge in [-0.25, -0.2) is 0 Å². The number of nitrogens with one attached hydrogen (secondary N) is 1. The summed E-state index contributed by atoms with van der Waals surface area (Å²) in [7, 11) is 0. The molecule has 1 aliphatic heterocycles. The molecule has 1 heterocycles. The van der Waals surface area contributed by atoms with Crippen LogP contribution in [0.1, 0.15) is 27.2 Å². The topological polar surface area (TPSA) is 49.4 Å². The van der Waals surface area contributed by atoms with Crippen molar-refractivity contribution in [3.05, 3.63) is 42.0 Å². The lowest BCUT2D eigenvalue weighted by Crippen LogP contribution is -2.41. The zero-order valence-corrected chi connectivity index (χ0v) is 12.1. The Kier molecular flexibility index (Phi) is 4.23. The lowest BCUT2D eigenvalue weighted by Gasteiger charge is -2.21. The molecular formula is C16H20N2O2. The summed E-state index contributed by atoms with van der Waals surface area (Å²) in [4.78, 5) is 25.9. The average Bonchev–Trinajstić information content (AvgIpc) is 2.64. The molecule has 20 heavy (non-hydrogen) atoms. The zero-order valence-electron chi connectivity index (χ0n) is 12.1. The molecule has 0 aliphatic carbocycles.